The predicted octanol–water partition coefficient (Wildman–Crippen LogP) is 1.21. The molecular weight excluding hydrogens is 203 g/mol. The quantitative estimate of drug-likeness (QED) is 0.646. The Morgan fingerprint density at radius 3 is 2.08 bits per heavy atom. The summed E-state index contributed by atoms with van der Waals surface area (Å²) < 4.78 is 41.6. The Hall–Kier alpha value is 0.100. The second-order valence-electron chi connectivity index (χ2n) is 2.12. The Morgan fingerprint density at radius 1 is 1.33 bits per heavy atom. The topological polar surface area (TPSA) is 69.7 Å². The summed E-state index contributed by atoms with van der Waals surface area (Å²) in [5.74, 6) is 0. The molecule has 7 heteroatoms. The summed E-state index contributed by atoms with van der Waals surface area (Å²) >= 11 is 0. The van der Waals surface area contributed by atoms with Crippen molar-refractivity contribution in [3.63, 3.8) is 0 Å². The van der Waals surface area contributed by atoms with Crippen LogP contribution in [-0.2, 0) is 23.2 Å². The zero-order chi connectivity index (χ0) is 9.83. The molecule has 0 saturated carbocycles. The molecular formula is C5H13O5PS. The Balaban J connectivity index is 4.46. The molecule has 0 N–H and O–H groups in total. The van der Waals surface area contributed by atoms with Crippen molar-refractivity contribution in [2.24, 2.45) is 0 Å². The molecule has 5 nitrogen and oxygen atoms in total. The summed E-state index contributed by atoms with van der Waals surface area (Å²) in [6.45, 7) is 3.33. The van der Waals surface area contributed by atoms with E-state index in [2.05, 4.69) is 3.97 Å². The lowest BCUT2D eigenvalue weighted by molar-refractivity contribution is 0.282. The molecule has 1 atom stereocenters. The summed E-state index contributed by atoms with van der Waals surface area (Å²) in [5, 5.41) is 0. The van der Waals surface area contributed by atoms with Gasteiger partial charge in [-0.05, 0) is 6.92 Å². The van der Waals surface area contributed by atoms with E-state index in [0.717, 1.165) is 6.26 Å². The maximum Gasteiger partial charge on any atom is 0.344 e. The van der Waals surface area contributed by atoms with Gasteiger partial charge in [-0.1, -0.05) is 6.92 Å². The van der Waals surface area contributed by atoms with Gasteiger partial charge in [0.1, 0.15) is 0 Å². The van der Waals surface area contributed by atoms with Gasteiger partial charge in [0.05, 0.1) is 12.9 Å². The second kappa shape index (κ2) is 4.37. The summed E-state index contributed by atoms with van der Waals surface area (Å²) in [6, 6.07) is 0. The van der Waals surface area contributed by atoms with Crippen LogP contribution in [0.4, 0.5) is 0 Å². The fraction of sp³-hybridized carbons (Fsp3) is 1.00. The number of hydrogen-bond donors (Lipinski definition) is 0. The van der Waals surface area contributed by atoms with E-state index in [0.29, 0.717) is 0 Å². The molecule has 0 radical (unpaired) electrons. The van der Waals surface area contributed by atoms with Gasteiger partial charge in [0.25, 0.3) is 10.1 Å². The highest BCUT2D eigenvalue weighted by Gasteiger charge is 2.26. The van der Waals surface area contributed by atoms with Crippen LogP contribution in [0, 0.1) is 0 Å². The van der Waals surface area contributed by atoms with Crippen molar-refractivity contribution >= 4 is 17.7 Å². The number of rotatable bonds is 5. The van der Waals surface area contributed by atoms with Gasteiger partial charge in [-0.2, -0.15) is 12.4 Å². The molecule has 1 unspecified atom stereocenters. The number of hydrogen-bond acceptors (Lipinski definition) is 5. The van der Waals surface area contributed by atoms with Crippen LogP contribution >= 0.6 is 7.60 Å². The lowest BCUT2D eigenvalue weighted by atomic mass is 10.9. The maximum absolute atomic E-state index is 11.4. The molecule has 0 aliphatic heterocycles. The van der Waals surface area contributed by atoms with Crippen LogP contribution in [-0.4, -0.2) is 27.4 Å². The van der Waals surface area contributed by atoms with Gasteiger partial charge in [0, 0.05) is 6.16 Å². The first-order valence-electron chi connectivity index (χ1n) is 3.48. The van der Waals surface area contributed by atoms with E-state index in [1.165, 1.54) is 0 Å². The van der Waals surface area contributed by atoms with Crippen molar-refractivity contribution in [2.45, 2.75) is 13.8 Å². The smallest absolute Gasteiger partial charge is 0.308 e. The standard InChI is InChI=1S/C5H13O5PS/c1-4-9-11(6,5-2)10-12(3,7)8/h4-5H2,1-3H3. The molecule has 0 spiro atoms. The molecule has 0 rings (SSSR count). The van der Waals surface area contributed by atoms with Gasteiger partial charge in [0.15, 0.2) is 0 Å². The summed E-state index contributed by atoms with van der Waals surface area (Å²) in [4.78, 5) is 0. The van der Waals surface area contributed by atoms with Crippen molar-refractivity contribution in [3.8, 4) is 0 Å². The van der Waals surface area contributed by atoms with Gasteiger partial charge in [-0.15, -0.1) is 0 Å². The fourth-order valence-corrected chi connectivity index (χ4v) is 3.39. The van der Waals surface area contributed by atoms with Gasteiger partial charge in [0.2, 0.25) is 0 Å². The molecule has 74 valence electrons. The minimum atomic E-state index is -3.70. The molecule has 0 aromatic heterocycles. The van der Waals surface area contributed by atoms with Crippen LogP contribution < -0.4 is 0 Å². The van der Waals surface area contributed by atoms with E-state index in [1.54, 1.807) is 13.8 Å². The van der Waals surface area contributed by atoms with Crippen LogP contribution in [0.1, 0.15) is 13.8 Å². The van der Waals surface area contributed by atoms with Crippen molar-refractivity contribution in [1.82, 2.24) is 0 Å². The lowest BCUT2D eigenvalue weighted by Gasteiger charge is -2.13. The minimum absolute atomic E-state index is 0.0495. The molecule has 0 aliphatic carbocycles. The summed E-state index contributed by atoms with van der Waals surface area (Å²) in [5.41, 5.74) is 0. The van der Waals surface area contributed by atoms with E-state index in [1.807, 2.05) is 0 Å². The Morgan fingerprint density at radius 2 is 1.83 bits per heavy atom. The summed E-state index contributed by atoms with van der Waals surface area (Å²) in [7, 11) is -7.11. The van der Waals surface area contributed by atoms with Crippen molar-refractivity contribution in [2.75, 3.05) is 19.0 Å². The maximum atomic E-state index is 11.4. The first-order chi connectivity index (χ1) is 5.33. The third kappa shape index (κ3) is 4.87. The zero-order valence-corrected chi connectivity index (χ0v) is 9.02. The van der Waals surface area contributed by atoms with Crippen molar-refractivity contribution in [3.05, 3.63) is 0 Å². The predicted molar refractivity (Wildman–Crippen MR) is 45.7 cm³/mol. The first-order valence-corrected chi connectivity index (χ1v) is 7.02. The van der Waals surface area contributed by atoms with E-state index < -0.39 is 17.7 Å². The second-order valence-corrected chi connectivity index (χ2v) is 6.24. The molecule has 0 heterocycles. The Bertz CT molecular complexity index is 270. The van der Waals surface area contributed by atoms with Crippen LogP contribution in [0.2, 0.25) is 0 Å². The zero-order valence-electron chi connectivity index (χ0n) is 7.31. The highest BCUT2D eigenvalue weighted by molar-refractivity contribution is 7.90. The molecule has 0 saturated heterocycles. The lowest BCUT2D eigenvalue weighted by Crippen LogP contribution is -2.04. The van der Waals surface area contributed by atoms with E-state index in [4.69, 9.17) is 4.52 Å². The Kier molecular flexibility index (Phi) is 4.40. The van der Waals surface area contributed by atoms with E-state index in [-0.39, 0.29) is 12.8 Å². The largest absolute Gasteiger partial charge is 0.344 e. The third-order valence-corrected chi connectivity index (χ3v) is 4.38. The molecule has 0 aromatic carbocycles. The summed E-state index contributed by atoms with van der Waals surface area (Å²) in [6.07, 6.45) is 0.891. The molecule has 0 bridgehead atoms. The average molecular weight is 216 g/mol. The van der Waals surface area contributed by atoms with Crippen molar-refractivity contribution < 1.29 is 21.5 Å². The van der Waals surface area contributed by atoms with Gasteiger partial charge < -0.3 is 4.52 Å². The van der Waals surface area contributed by atoms with E-state index in [9.17, 15) is 13.0 Å². The third-order valence-electron chi connectivity index (χ3n) is 0.962. The van der Waals surface area contributed by atoms with Gasteiger partial charge in [-0.3, -0.25) is 4.57 Å². The fourth-order valence-electron chi connectivity index (χ4n) is 0.568. The Labute approximate surface area is 72.7 Å². The van der Waals surface area contributed by atoms with Gasteiger partial charge in [-0.25, -0.2) is 0 Å². The molecule has 0 amide bonds. The molecule has 0 aliphatic rings. The first kappa shape index (κ1) is 12.1. The SMILES string of the molecule is CCOP(=O)(CC)OS(C)(=O)=O. The molecule has 0 aromatic rings. The van der Waals surface area contributed by atoms with E-state index >= 15 is 0 Å². The normalized spacial score (nSPS) is 17.2. The minimum Gasteiger partial charge on any atom is -0.308 e. The van der Waals surface area contributed by atoms with Crippen LogP contribution in [0.5, 0.6) is 0 Å². The monoisotopic (exact) mass is 216 g/mol. The van der Waals surface area contributed by atoms with Crippen LogP contribution in [0.3, 0.4) is 0 Å². The van der Waals surface area contributed by atoms with Crippen molar-refractivity contribution in [1.29, 1.82) is 0 Å². The highest BCUT2D eigenvalue weighted by atomic mass is 32.2. The van der Waals surface area contributed by atoms with Crippen LogP contribution in [0.15, 0.2) is 0 Å². The molecule has 12 heavy (non-hydrogen) atoms. The van der Waals surface area contributed by atoms with Crippen LogP contribution in [0.25, 0.3) is 0 Å². The molecule has 0 fully saturated rings. The average Bonchev–Trinajstić information content (AvgIpc) is 1.84. The highest BCUT2D eigenvalue weighted by Crippen LogP contribution is 2.48. The van der Waals surface area contributed by atoms with Gasteiger partial charge >= 0.3 is 7.60 Å².